The van der Waals surface area contributed by atoms with Crippen molar-refractivity contribution < 1.29 is 13.9 Å². The van der Waals surface area contributed by atoms with E-state index in [0.717, 1.165) is 31.1 Å². The smallest absolute Gasteiger partial charge is 0.253 e. The van der Waals surface area contributed by atoms with Gasteiger partial charge >= 0.3 is 0 Å². The number of anilines is 1. The second kappa shape index (κ2) is 9.96. The van der Waals surface area contributed by atoms with Crippen LogP contribution in [-0.2, 0) is 0 Å². The maximum absolute atomic E-state index is 14.5. The molecule has 1 atom stereocenters. The molecule has 39 heavy (non-hydrogen) atoms. The van der Waals surface area contributed by atoms with Crippen molar-refractivity contribution in [2.45, 2.75) is 44.2 Å². The van der Waals surface area contributed by atoms with Crippen molar-refractivity contribution >= 4 is 16.6 Å². The van der Waals surface area contributed by atoms with Gasteiger partial charge in [0.1, 0.15) is 11.9 Å². The molecule has 11 heteroatoms. The zero-order valence-electron chi connectivity index (χ0n) is 21.6. The van der Waals surface area contributed by atoms with E-state index in [-0.39, 0.29) is 24.2 Å². The van der Waals surface area contributed by atoms with Crippen molar-refractivity contribution in [1.82, 2.24) is 30.1 Å². The molecule has 2 aliphatic heterocycles. The van der Waals surface area contributed by atoms with Gasteiger partial charge in [-0.15, -0.1) is 5.10 Å². The SMILES string of the molecule is O=c1[nH]c2cc3c(cc2cc1[C@H](c1nnnn1C1CCCCC1)N1CCN(c2ccccc2F)CC1)OCO3. The van der Waals surface area contributed by atoms with Crippen LogP contribution in [0.5, 0.6) is 11.5 Å². The Morgan fingerprint density at radius 2 is 1.74 bits per heavy atom. The van der Waals surface area contributed by atoms with Crippen LogP contribution in [0.15, 0.2) is 47.3 Å². The molecule has 202 valence electrons. The molecule has 2 fully saturated rings. The van der Waals surface area contributed by atoms with Crippen LogP contribution < -0.4 is 19.9 Å². The molecule has 0 spiro atoms. The van der Waals surface area contributed by atoms with E-state index in [0.29, 0.717) is 60.3 Å². The molecule has 4 heterocycles. The summed E-state index contributed by atoms with van der Waals surface area (Å²) in [6, 6.07) is 12.2. The number of pyridine rings is 1. The molecule has 0 unspecified atom stereocenters. The lowest BCUT2D eigenvalue weighted by atomic mass is 9.95. The summed E-state index contributed by atoms with van der Waals surface area (Å²) >= 11 is 0. The third kappa shape index (κ3) is 4.40. The highest BCUT2D eigenvalue weighted by Crippen LogP contribution is 2.37. The molecule has 7 rings (SSSR count). The van der Waals surface area contributed by atoms with E-state index in [9.17, 15) is 9.18 Å². The molecule has 1 aliphatic carbocycles. The van der Waals surface area contributed by atoms with Crippen LogP contribution in [-0.4, -0.2) is 63.1 Å². The topological polar surface area (TPSA) is 101 Å². The van der Waals surface area contributed by atoms with Gasteiger partial charge in [-0.25, -0.2) is 9.07 Å². The minimum Gasteiger partial charge on any atom is -0.454 e. The lowest BCUT2D eigenvalue weighted by Crippen LogP contribution is -2.49. The number of fused-ring (bicyclic) bond motifs is 2. The Hall–Kier alpha value is -3.99. The summed E-state index contributed by atoms with van der Waals surface area (Å²) < 4.78 is 27.6. The summed E-state index contributed by atoms with van der Waals surface area (Å²) in [6.45, 7) is 2.64. The molecular formula is C28H30FN7O3. The van der Waals surface area contributed by atoms with E-state index in [4.69, 9.17) is 9.47 Å². The fourth-order valence-corrected chi connectivity index (χ4v) is 6.21. The Bertz CT molecular complexity index is 1560. The molecule has 1 N–H and O–H groups in total. The highest BCUT2D eigenvalue weighted by molar-refractivity contribution is 5.83. The van der Waals surface area contributed by atoms with Crippen molar-refractivity contribution in [2.24, 2.45) is 0 Å². The van der Waals surface area contributed by atoms with Gasteiger partial charge in [-0.1, -0.05) is 31.4 Å². The number of tetrazole rings is 1. The molecule has 4 aromatic rings. The van der Waals surface area contributed by atoms with Gasteiger partial charge in [-0.2, -0.15) is 0 Å². The average Bonchev–Trinajstić information content (AvgIpc) is 3.63. The van der Waals surface area contributed by atoms with E-state index in [1.165, 1.54) is 12.5 Å². The van der Waals surface area contributed by atoms with Gasteiger partial charge in [0.2, 0.25) is 6.79 Å². The number of piperazine rings is 1. The van der Waals surface area contributed by atoms with Crippen LogP contribution in [0, 0.1) is 5.82 Å². The maximum atomic E-state index is 14.5. The molecule has 3 aliphatic rings. The summed E-state index contributed by atoms with van der Waals surface area (Å²) in [6.07, 6.45) is 5.53. The fraction of sp³-hybridized carbons (Fsp3) is 0.429. The molecule has 1 saturated heterocycles. The largest absolute Gasteiger partial charge is 0.454 e. The summed E-state index contributed by atoms with van der Waals surface area (Å²) in [5.41, 5.74) is 1.66. The van der Waals surface area contributed by atoms with Crippen molar-refractivity contribution in [1.29, 1.82) is 0 Å². The monoisotopic (exact) mass is 531 g/mol. The number of nitrogens with zero attached hydrogens (tertiary/aromatic N) is 6. The predicted octanol–water partition coefficient (Wildman–Crippen LogP) is 3.80. The van der Waals surface area contributed by atoms with Crippen LogP contribution in [0.2, 0.25) is 0 Å². The normalized spacial score (nSPS) is 19.1. The van der Waals surface area contributed by atoms with Gasteiger partial charge in [0.15, 0.2) is 17.3 Å². The molecule has 0 radical (unpaired) electrons. The Morgan fingerprint density at radius 3 is 2.54 bits per heavy atom. The molecular weight excluding hydrogens is 501 g/mol. The number of nitrogens with one attached hydrogen (secondary N) is 1. The fourth-order valence-electron chi connectivity index (χ4n) is 6.21. The maximum Gasteiger partial charge on any atom is 0.253 e. The van der Waals surface area contributed by atoms with Crippen molar-refractivity contribution in [3.8, 4) is 11.5 Å². The minimum absolute atomic E-state index is 0.161. The number of benzene rings is 2. The first kappa shape index (κ1) is 24.1. The second-order valence-corrected chi connectivity index (χ2v) is 10.5. The van der Waals surface area contributed by atoms with Gasteiger partial charge in [-0.05, 0) is 47.5 Å². The molecule has 2 aromatic heterocycles. The number of aromatic nitrogens is 5. The number of hydrogen-bond donors (Lipinski definition) is 1. The van der Waals surface area contributed by atoms with E-state index in [1.54, 1.807) is 12.1 Å². The number of para-hydroxylation sites is 1. The molecule has 10 nitrogen and oxygen atoms in total. The Morgan fingerprint density at radius 1 is 0.974 bits per heavy atom. The molecule has 0 bridgehead atoms. The number of hydrogen-bond acceptors (Lipinski definition) is 8. The van der Waals surface area contributed by atoms with E-state index < -0.39 is 6.04 Å². The summed E-state index contributed by atoms with van der Waals surface area (Å²) in [5, 5.41) is 13.8. The average molecular weight is 532 g/mol. The Kier molecular flexibility index (Phi) is 6.15. The standard InChI is InChI=1S/C28H30FN7O3/c29-21-8-4-5-9-23(21)34-10-12-35(13-11-34)26(27-31-32-33-36(27)19-6-2-1-3-7-19)20-14-18-15-24-25(39-17-38-24)16-22(18)30-28(20)37/h4-5,8-9,14-16,19,26H,1-3,6-7,10-13,17H2,(H,30,37)/t26-/m1/s1. The van der Waals surface area contributed by atoms with Crippen LogP contribution >= 0.6 is 0 Å². The van der Waals surface area contributed by atoms with E-state index in [1.807, 2.05) is 28.9 Å². The second-order valence-electron chi connectivity index (χ2n) is 10.5. The van der Waals surface area contributed by atoms with Crippen LogP contribution in [0.1, 0.15) is 55.6 Å². The van der Waals surface area contributed by atoms with Crippen LogP contribution in [0.3, 0.4) is 0 Å². The molecule has 2 aromatic carbocycles. The van der Waals surface area contributed by atoms with Crippen LogP contribution in [0.4, 0.5) is 10.1 Å². The summed E-state index contributed by atoms with van der Waals surface area (Å²) in [5.74, 6) is 1.72. The predicted molar refractivity (Wildman–Crippen MR) is 143 cm³/mol. The quantitative estimate of drug-likeness (QED) is 0.415. The van der Waals surface area contributed by atoms with Gasteiger partial charge in [0, 0.05) is 43.2 Å². The number of rotatable bonds is 5. The third-order valence-electron chi connectivity index (χ3n) is 8.22. The van der Waals surface area contributed by atoms with Gasteiger partial charge in [-0.3, -0.25) is 9.69 Å². The molecule has 1 saturated carbocycles. The number of H-pyrrole nitrogens is 1. The third-order valence-corrected chi connectivity index (χ3v) is 8.22. The highest BCUT2D eigenvalue weighted by atomic mass is 19.1. The van der Waals surface area contributed by atoms with Gasteiger partial charge < -0.3 is 19.4 Å². The van der Waals surface area contributed by atoms with E-state index in [2.05, 4.69) is 30.3 Å². The van der Waals surface area contributed by atoms with Gasteiger partial charge in [0.25, 0.3) is 5.56 Å². The number of ether oxygens (including phenoxy) is 2. The lowest BCUT2D eigenvalue weighted by Gasteiger charge is -2.40. The summed E-state index contributed by atoms with van der Waals surface area (Å²) in [7, 11) is 0. The van der Waals surface area contributed by atoms with Crippen molar-refractivity contribution in [2.75, 3.05) is 37.9 Å². The minimum atomic E-state index is -0.455. The van der Waals surface area contributed by atoms with Crippen molar-refractivity contribution in [3.63, 3.8) is 0 Å². The first-order chi connectivity index (χ1) is 19.2. The van der Waals surface area contributed by atoms with Crippen molar-refractivity contribution in [3.05, 3.63) is 70.0 Å². The Labute approximate surface area is 224 Å². The lowest BCUT2D eigenvalue weighted by molar-refractivity contribution is 0.174. The van der Waals surface area contributed by atoms with Gasteiger partial charge in [0.05, 0.1) is 17.2 Å². The van der Waals surface area contributed by atoms with Crippen LogP contribution in [0.25, 0.3) is 10.9 Å². The number of aromatic amines is 1. The highest BCUT2D eigenvalue weighted by Gasteiger charge is 2.35. The first-order valence-corrected chi connectivity index (χ1v) is 13.6. The number of halogens is 1. The van der Waals surface area contributed by atoms with E-state index >= 15 is 0 Å². The summed E-state index contributed by atoms with van der Waals surface area (Å²) in [4.78, 5) is 21.0. The first-order valence-electron chi connectivity index (χ1n) is 13.6. The zero-order chi connectivity index (χ0) is 26.3. The zero-order valence-corrected chi connectivity index (χ0v) is 21.6. The Balaban J connectivity index is 1.28. The molecule has 0 amide bonds.